The molecule has 3 rings (SSSR count). The summed E-state index contributed by atoms with van der Waals surface area (Å²) in [4.78, 5) is 14.4. The van der Waals surface area contributed by atoms with E-state index in [2.05, 4.69) is 0 Å². The molecule has 2 aromatic carbocycles. The number of piperidine rings is 1. The Hall–Kier alpha value is -2.49. The molecule has 0 saturated carbocycles. The molecule has 24 heavy (non-hydrogen) atoms. The first kappa shape index (κ1) is 16.4. The van der Waals surface area contributed by atoms with Gasteiger partial charge in [-0.2, -0.15) is 0 Å². The van der Waals surface area contributed by atoms with Gasteiger partial charge in [0.15, 0.2) is 11.5 Å². The smallest absolute Gasteiger partial charge is 0.253 e. The highest BCUT2D eigenvalue weighted by molar-refractivity contribution is 5.94. The zero-order valence-corrected chi connectivity index (χ0v) is 14.0. The summed E-state index contributed by atoms with van der Waals surface area (Å²) in [5, 5.41) is 0. The van der Waals surface area contributed by atoms with Gasteiger partial charge in [0.1, 0.15) is 6.61 Å². The molecule has 0 spiro atoms. The van der Waals surface area contributed by atoms with E-state index in [1.54, 1.807) is 7.11 Å². The van der Waals surface area contributed by atoms with Crippen molar-refractivity contribution in [3.63, 3.8) is 0 Å². The van der Waals surface area contributed by atoms with Crippen LogP contribution in [0.4, 0.5) is 0 Å². The summed E-state index contributed by atoms with van der Waals surface area (Å²) in [5.41, 5.74) is 1.77. The van der Waals surface area contributed by atoms with E-state index in [4.69, 9.17) is 9.47 Å². The molecular weight excluding hydrogens is 302 g/mol. The lowest BCUT2D eigenvalue weighted by molar-refractivity contribution is 0.0724. The van der Waals surface area contributed by atoms with E-state index in [1.165, 1.54) is 6.42 Å². The molecule has 0 N–H and O–H groups in total. The van der Waals surface area contributed by atoms with E-state index in [0.29, 0.717) is 12.4 Å². The fourth-order valence-electron chi connectivity index (χ4n) is 2.92. The molecule has 1 aliphatic rings. The Morgan fingerprint density at radius 1 is 0.958 bits per heavy atom. The van der Waals surface area contributed by atoms with E-state index in [0.717, 1.165) is 42.8 Å². The molecule has 0 aliphatic carbocycles. The summed E-state index contributed by atoms with van der Waals surface area (Å²) in [6, 6.07) is 15.3. The van der Waals surface area contributed by atoms with Crippen molar-refractivity contribution >= 4 is 5.91 Å². The molecule has 1 aliphatic heterocycles. The Kier molecular flexibility index (Phi) is 5.36. The minimum atomic E-state index is 0.131. The van der Waals surface area contributed by atoms with E-state index >= 15 is 0 Å². The summed E-state index contributed by atoms with van der Waals surface area (Å²) in [6.07, 6.45) is 3.44. The maximum atomic E-state index is 12.5. The molecule has 2 aromatic rings. The van der Waals surface area contributed by atoms with Gasteiger partial charge >= 0.3 is 0 Å². The van der Waals surface area contributed by atoms with Crippen molar-refractivity contribution in [1.29, 1.82) is 0 Å². The number of rotatable bonds is 5. The van der Waals surface area contributed by atoms with Gasteiger partial charge in [0.25, 0.3) is 5.91 Å². The number of ether oxygens (including phenoxy) is 2. The van der Waals surface area contributed by atoms with E-state index < -0.39 is 0 Å². The lowest BCUT2D eigenvalue weighted by atomic mass is 10.1. The first-order valence-corrected chi connectivity index (χ1v) is 8.42. The summed E-state index contributed by atoms with van der Waals surface area (Å²) in [6.45, 7) is 2.19. The number of benzene rings is 2. The summed E-state index contributed by atoms with van der Waals surface area (Å²) >= 11 is 0. The van der Waals surface area contributed by atoms with Gasteiger partial charge in [-0.3, -0.25) is 4.79 Å². The van der Waals surface area contributed by atoms with Crippen molar-refractivity contribution in [3.8, 4) is 11.5 Å². The number of carbonyl (C=O) groups is 1. The molecular formula is C20H23NO3. The molecule has 1 saturated heterocycles. The largest absolute Gasteiger partial charge is 0.493 e. The predicted octanol–water partition coefficient (Wildman–Crippen LogP) is 3.90. The van der Waals surface area contributed by atoms with Crippen molar-refractivity contribution in [2.45, 2.75) is 25.9 Å². The van der Waals surface area contributed by atoms with Gasteiger partial charge in [0.05, 0.1) is 7.11 Å². The maximum Gasteiger partial charge on any atom is 0.253 e. The van der Waals surface area contributed by atoms with Gasteiger partial charge in [-0.05, 0) is 49.1 Å². The highest BCUT2D eigenvalue weighted by Crippen LogP contribution is 2.26. The highest BCUT2D eigenvalue weighted by Gasteiger charge is 2.17. The van der Waals surface area contributed by atoms with E-state index in [1.807, 2.05) is 53.4 Å². The molecule has 4 heteroatoms. The zero-order valence-electron chi connectivity index (χ0n) is 14.0. The average Bonchev–Trinajstić information content (AvgIpc) is 2.67. The summed E-state index contributed by atoms with van der Waals surface area (Å²) < 4.78 is 11.1. The quantitative estimate of drug-likeness (QED) is 0.837. The topological polar surface area (TPSA) is 38.8 Å². The second-order valence-electron chi connectivity index (χ2n) is 5.99. The molecule has 1 heterocycles. The third-order valence-corrected chi connectivity index (χ3v) is 4.31. The van der Waals surface area contributed by atoms with Crippen molar-refractivity contribution < 1.29 is 14.3 Å². The van der Waals surface area contributed by atoms with Gasteiger partial charge in [-0.15, -0.1) is 0 Å². The van der Waals surface area contributed by atoms with Crippen LogP contribution >= 0.6 is 0 Å². The van der Waals surface area contributed by atoms with Crippen molar-refractivity contribution in [2.75, 3.05) is 20.2 Å². The van der Waals surface area contributed by atoms with Crippen LogP contribution in [-0.4, -0.2) is 31.0 Å². The molecule has 1 fully saturated rings. The maximum absolute atomic E-state index is 12.5. The van der Waals surface area contributed by atoms with Crippen molar-refractivity contribution in [1.82, 2.24) is 4.90 Å². The van der Waals surface area contributed by atoms with Gasteiger partial charge in [-0.1, -0.05) is 24.3 Å². The van der Waals surface area contributed by atoms with Crippen LogP contribution in [0.2, 0.25) is 0 Å². The lowest BCUT2D eigenvalue weighted by Crippen LogP contribution is -2.35. The van der Waals surface area contributed by atoms with Crippen LogP contribution in [-0.2, 0) is 6.61 Å². The highest BCUT2D eigenvalue weighted by atomic mass is 16.5. The summed E-state index contributed by atoms with van der Waals surface area (Å²) in [7, 11) is 1.63. The molecule has 0 radical (unpaired) electrons. The van der Waals surface area contributed by atoms with Crippen LogP contribution in [0.25, 0.3) is 0 Å². The molecule has 1 amide bonds. The summed E-state index contributed by atoms with van der Waals surface area (Å²) in [5.74, 6) is 1.56. The Balaban J connectivity index is 1.61. The molecule has 0 bridgehead atoms. The average molecular weight is 325 g/mol. The molecule has 0 unspecified atom stereocenters. The van der Waals surface area contributed by atoms with E-state index in [9.17, 15) is 4.79 Å². The second kappa shape index (κ2) is 7.86. The van der Waals surface area contributed by atoms with Gasteiger partial charge in [-0.25, -0.2) is 0 Å². The third-order valence-electron chi connectivity index (χ3n) is 4.31. The SMILES string of the molecule is COc1ccccc1OCc1ccc(C(=O)N2CCCCC2)cc1. The first-order chi connectivity index (χ1) is 11.8. The number of hydrogen-bond acceptors (Lipinski definition) is 3. The van der Waals surface area contributed by atoms with Crippen LogP contribution in [0.15, 0.2) is 48.5 Å². The number of para-hydroxylation sites is 2. The number of carbonyl (C=O) groups excluding carboxylic acids is 1. The number of methoxy groups -OCH3 is 1. The monoisotopic (exact) mass is 325 g/mol. The molecule has 0 atom stereocenters. The van der Waals surface area contributed by atoms with Crippen molar-refractivity contribution in [3.05, 3.63) is 59.7 Å². The molecule has 0 aromatic heterocycles. The Morgan fingerprint density at radius 3 is 2.29 bits per heavy atom. The number of amides is 1. The number of hydrogen-bond donors (Lipinski definition) is 0. The predicted molar refractivity (Wildman–Crippen MR) is 93.5 cm³/mol. The van der Waals surface area contributed by atoms with Crippen LogP contribution in [0.5, 0.6) is 11.5 Å². The fraction of sp³-hybridized carbons (Fsp3) is 0.350. The van der Waals surface area contributed by atoms with Crippen LogP contribution in [0.3, 0.4) is 0 Å². The van der Waals surface area contributed by atoms with Gasteiger partial charge in [0.2, 0.25) is 0 Å². The van der Waals surface area contributed by atoms with Crippen molar-refractivity contribution in [2.24, 2.45) is 0 Å². The molecule has 4 nitrogen and oxygen atoms in total. The first-order valence-electron chi connectivity index (χ1n) is 8.42. The van der Waals surface area contributed by atoms with Crippen LogP contribution < -0.4 is 9.47 Å². The minimum absolute atomic E-state index is 0.131. The fourth-order valence-corrected chi connectivity index (χ4v) is 2.92. The van der Waals surface area contributed by atoms with E-state index in [-0.39, 0.29) is 5.91 Å². The third kappa shape index (κ3) is 3.88. The molecule has 126 valence electrons. The Labute approximate surface area is 143 Å². The van der Waals surface area contributed by atoms with Gasteiger partial charge in [0, 0.05) is 18.7 Å². The standard InChI is InChI=1S/C20H23NO3/c1-23-18-7-3-4-8-19(18)24-15-16-9-11-17(12-10-16)20(22)21-13-5-2-6-14-21/h3-4,7-12H,2,5-6,13-15H2,1H3. The minimum Gasteiger partial charge on any atom is -0.493 e. The number of likely N-dealkylation sites (tertiary alicyclic amines) is 1. The Morgan fingerprint density at radius 2 is 1.62 bits per heavy atom. The number of nitrogens with zero attached hydrogens (tertiary/aromatic N) is 1. The Bertz CT molecular complexity index is 676. The van der Waals surface area contributed by atoms with Gasteiger partial charge < -0.3 is 14.4 Å². The normalized spacial score (nSPS) is 14.3. The van der Waals surface area contributed by atoms with Crippen LogP contribution in [0, 0.1) is 0 Å². The lowest BCUT2D eigenvalue weighted by Gasteiger charge is -2.26. The zero-order chi connectivity index (χ0) is 16.8. The van der Waals surface area contributed by atoms with Crippen LogP contribution in [0.1, 0.15) is 35.2 Å². The second-order valence-corrected chi connectivity index (χ2v) is 5.99.